The fourth-order valence-corrected chi connectivity index (χ4v) is 2.00. The van der Waals surface area contributed by atoms with E-state index < -0.39 is 0 Å². The van der Waals surface area contributed by atoms with Crippen LogP contribution in [-0.4, -0.2) is 12.1 Å². The maximum absolute atomic E-state index is 5.80. The monoisotopic (exact) mass is 236 g/mol. The molecular formula is C11H12N2O2S. The fourth-order valence-electron chi connectivity index (χ4n) is 1.49. The number of benzene rings is 1. The Morgan fingerprint density at radius 2 is 2.19 bits per heavy atom. The van der Waals surface area contributed by atoms with Crippen LogP contribution in [-0.2, 0) is 9.22 Å². The number of fused-ring (bicyclic) bond motifs is 1. The number of hydrogen-bond acceptors (Lipinski definition) is 5. The number of anilines is 1. The quantitative estimate of drug-likeness (QED) is 0.504. The third-order valence-corrected chi connectivity index (χ3v) is 3.11. The maximum Gasteiger partial charge on any atom is 0.131 e. The fraction of sp³-hybridized carbons (Fsp3) is 0.182. The summed E-state index contributed by atoms with van der Waals surface area (Å²) in [5.74, 6) is 0.546. The number of pyridine rings is 1. The third-order valence-electron chi connectivity index (χ3n) is 2.28. The van der Waals surface area contributed by atoms with E-state index in [1.165, 1.54) is 19.2 Å². The predicted molar refractivity (Wildman–Crippen MR) is 64.8 cm³/mol. The molecule has 16 heavy (non-hydrogen) atoms. The minimum atomic E-state index is 0.546. The van der Waals surface area contributed by atoms with E-state index in [-0.39, 0.29) is 0 Å². The molecule has 0 aliphatic carbocycles. The van der Waals surface area contributed by atoms with Gasteiger partial charge in [0.25, 0.3) is 0 Å². The first kappa shape index (κ1) is 11.2. The van der Waals surface area contributed by atoms with Crippen molar-refractivity contribution in [2.75, 3.05) is 12.8 Å². The molecule has 0 fully saturated rings. The molecule has 0 radical (unpaired) electrons. The van der Waals surface area contributed by atoms with E-state index in [1.54, 1.807) is 6.20 Å². The van der Waals surface area contributed by atoms with Crippen molar-refractivity contribution in [3.05, 3.63) is 30.0 Å². The van der Waals surface area contributed by atoms with Crippen molar-refractivity contribution in [3.63, 3.8) is 0 Å². The Morgan fingerprint density at radius 3 is 2.94 bits per heavy atom. The van der Waals surface area contributed by atoms with Gasteiger partial charge in [0.2, 0.25) is 0 Å². The first-order chi connectivity index (χ1) is 7.72. The summed E-state index contributed by atoms with van der Waals surface area (Å²) in [6.07, 6.45) is 1.69. The lowest BCUT2D eigenvalue weighted by Gasteiger charge is -2.07. The van der Waals surface area contributed by atoms with E-state index in [0.717, 1.165) is 21.2 Å². The van der Waals surface area contributed by atoms with E-state index in [0.29, 0.717) is 5.82 Å². The highest BCUT2D eigenvalue weighted by Crippen LogP contribution is 2.29. The molecule has 2 aromatic rings. The second-order valence-corrected chi connectivity index (χ2v) is 4.10. The molecule has 1 aromatic carbocycles. The Morgan fingerprint density at radius 1 is 1.38 bits per heavy atom. The van der Waals surface area contributed by atoms with Crippen molar-refractivity contribution in [1.29, 1.82) is 0 Å². The van der Waals surface area contributed by atoms with Crippen LogP contribution in [0.1, 0.15) is 5.56 Å². The third kappa shape index (κ3) is 2.11. The van der Waals surface area contributed by atoms with Crippen LogP contribution in [0.15, 0.2) is 29.3 Å². The highest BCUT2D eigenvalue weighted by atomic mass is 32.2. The van der Waals surface area contributed by atoms with E-state index >= 15 is 0 Å². The Hall–Kier alpha value is -1.30. The van der Waals surface area contributed by atoms with Crippen LogP contribution in [0.25, 0.3) is 10.8 Å². The molecule has 84 valence electrons. The second kappa shape index (κ2) is 4.69. The SMILES string of the molecule is COOSc1cc2ccnc(N)c2cc1C. The first-order valence-corrected chi connectivity index (χ1v) is 5.48. The number of nitrogens with two attached hydrogens (primary N) is 1. The van der Waals surface area contributed by atoms with Gasteiger partial charge >= 0.3 is 0 Å². The van der Waals surface area contributed by atoms with E-state index in [4.69, 9.17) is 10.1 Å². The minimum absolute atomic E-state index is 0.546. The van der Waals surface area contributed by atoms with Crippen molar-refractivity contribution >= 4 is 28.6 Å². The number of hydrogen-bond donors (Lipinski definition) is 1. The molecule has 0 saturated heterocycles. The second-order valence-electron chi connectivity index (χ2n) is 3.35. The number of aryl methyl sites for hydroxylation is 1. The van der Waals surface area contributed by atoms with Crippen LogP contribution in [0.5, 0.6) is 0 Å². The molecule has 2 N–H and O–H groups in total. The van der Waals surface area contributed by atoms with Crippen LogP contribution in [0.2, 0.25) is 0 Å². The van der Waals surface area contributed by atoms with Crippen molar-refractivity contribution in [2.45, 2.75) is 11.8 Å². The van der Waals surface area contributed by atoms with Crippen molar-refractivity contribution in [3.8, 4) is 0 Å². The largest absolute Gasteiger partial charge is 0.383 e. The zero-order valence-corrected chi connectivity index (χ0v) is 9.88. The molecule has 0 bridgehead atoms. The molecule has 4 nitrogen and oxygen atoms in total. The van der Waals surface area contributed by atoms with Crippen LogP contribution >= 0.6 is 12.0 Å². The highest BCUT2D eigenvalue weighted by molar-refractivity contribution is 7.94. The molecule has 0 unspecified atom stereocenters. The van der Waals surface area contributed by atoms with E-state index in [9.17, 15) is 0 Å². The summed E-state index contributed by atoms with van der Waals surface area (Å²) in [6, 6.07) is 5.92. The molecule has 0 amide bonds. The summed E-state index contributed by atoms with van der Waals surface area (Å²) >= 11 is 1.18. The standard InChI is InChI=1S/C11H12N2O2S/c1-7-5-9-8(3-4-13-11(9)12)6-10(7)16-15-14-2/h3-6H,1-2H3,(H2,12,13). The van der Waals surface area contributed by atoms with Gasteiger partial charge in [0, 0.05) is 16.5 Å². The summed E-state index contributed by atoms with van der Waals surface area (Å²) in [5.41, 5.74) is 6.88. The predicted octanol–water partition coefficient (Wildman–Crippen LogP) is 2.71. The van der Waals surface area contributed by atoms with Gasteiger partial charge in [-0.2, -0.15) is 4.33 Å². The molecule has 0 aliphatic rings. The normalized spacial score (nSPS) is 10.9. The number of nitrogens with zero attached hydrogens (tertiary/aromatic N) is 1. The minimum Gasteiger partial charge on any atom is -0.383 e. The van der Waals surface area contributed by atoms with Crippen LogP contribution in [0, 0.1) is 6.92 Å². The smallest absolute Gasteiger partial charge is 0.131 e. The molecule has 5 heteroatoms. The molecular weight excluding hydrogens is 224 g/mol. The van der Waals surface area contributed by atoms with Gasteiger partial charge < -0.3 is 5.73 Å². The van der Waals surface area contributed by atoms with Crippen molar-refractivity contribution in [2.24, 2.45) is 0 Å². The Labute approximate surface area is 97.9 Å². The van der Waals surface area contributed by atoms with Gasteiger partial charge in [-0.05, 0) is 36.1 Å². The highest BCUT2D eigenvalue weighted by Gasteiger charge is 2.05. The number of aromatic nitrogens is 1. The summed E-state index contributed by atoms with van der Waals surface area (Å²) in [7, 11) is 1.48. The molecule has 0 spiro atoms. The Balaban J connectivity index is 2.50. The molecule has 2 rings (SSSR count). The summed E-state index contributed by atoms with van der Waals surface area (Å²) in [6.45, 7) is 1.99. The van der Waals surface area contributed by atoms with Gasteiger partial charge in [-0.25, -0.2) is 9.87 Å². The lowest BCUT2D eigenvalue weighted by molar-refractivity contribution is -0.160. The zero-order chi connectivity index (χ0) is 11.5. The first-order valence-electron chi connectivity index (χ1n) is 4.74. The molecule has 1 heterocycles. The molecule has 0 saturated carbocycles. The van der Waals surface area contributed by atoms with E-state index in [2.05, 4.69) is 9.87 Å². The van der Waals surface area contributed by atoms with Gasteiger partial charge in [0.1, 0.15) is 5.82 Å². The van der Waals surface area contributed by atoms with E-state index in [1.807, 2.05) is 25.1 Å². The maximum atomic E-state index is 5.80. The van der Waals surface area contributed by atoms with Gasteiger partial charge in [-0.3, -0.25) is 0 Å². The average Bonchev–Trinajstić information content (AvgIpc) is 2.28. The summed E-state index contributed by atoms with van der Waals surface area (Å²) < 4.78 is 4.85. The average molecular weight is 236 g/mol. The van der Waals surface area contributed by atoms with Gasteiger partial charge in [0.05, 0.1) is 19.2 Å². The van der Waals surface area contributed by atoms with Gasteiger partial charge in [-0.15, -0.1) is 0 Å². The van der Waals surface area contributed by atoms with Crippen molar-refractivity contribution in [1.82, 2.24) is 4.98 Å². The van der Waals surface area contributed by atoms with Gasteiger partial charge in [-0.1, -0.05) is 0 Å². The number of nitrogen functional groups attached to an aromatic ring is 1. The lowest BCUT2D eigenvalue weighted by atomic mass is 10.1. The lowest BCUT2D eigenvalue weighted by Crippen LogP contribution is -1.92. The Bertz CT molecular complexity index is 517. The zero-order valence-electron chi connectivity index (χ0n) is 9.06. The topological polar surface area (TPSA) is 57.4 Å². The summed E-state index contributed by atoms with van der Waals surface area (Å²) in [5, 5.41) is 2.00. The van der Waals surface area contributed by atoms with Crippen LogP contribution < -0.4 is 5.73 Å². The Kier molecular flexibility index (Phi) is 3.28. The van der Waals surface area contributed by atoms with Crippen LogP contribution in [0.3, 0.4) is 0 Å². The van der Waals surface area contributed by atoms with Crippen molar-refractivity contribution < 1.29 is 9.22 Å². The molecule has 0 aliphatic heterocycles. The molecule has 1 aromatic heterocycles. The van der Waals surface area contributed by atoms with Crippen LogP contribution in [0.4, 0.5) is 5.82 Å². The number of rotatable bonds is 3. The molecule has 0 atom stereocenters. The summed E-state index contributed by atoms with van der Waals surface area (Å²) in [4.78, 5) is 9.62. The van der Waals surface area contributed by atoms with Gasteiger partial charge in [0.15, 0.2) is 0 Å².